The number of carbonyl (C=O) groups excluding carboxylic acids is 1. The second kappa shape index (κ2) is 5.88. The molecule has 0 spiro atoms. The smallest absolute Gasteiger partial charge is 0.428 e. The summed E-state index contributed by atoms with van der Waals surface area (Å²) < 4.78 is 45.0. The Labute approximate surface area is 134 Å². The lowest BCUT2D eigenvalue weighted by Gasteiger charge is -2.17. The third-order valence-electron chi connectivity index (χ3n) is 3.44. The Morgan fingerprint density at radius 3 is 2.54 bits per heavy atom. The highest BCUT2D eigenvalue weighted by Crippen LogP contribution is 2.38. The summed E-state index contributed by atoms with van der Waals surface area (Å²) in [5.41, 5.74) is 1.73. The molecule has 0 saturated heterocycles. The van der Waals surface area contributed by atoms with E-state index < -0.39 is 17.8 Å². The Morgan fingerprint density at radius 2 is 1.92 bits per heavy atom. The SMILES string of the molecule is O=C1NN=C(c2ccc(-c3cccc(O)c3)c(C(F)(F)F)c2)CO1. The molecular formula is C16H11F3N2O3. The van der Waals surface area contributed by atoms with Gasteiger partial charge in [-0.05, 0) is 29.3 Å². The van der Waals surface area contributed by atoms with Gasteiger partial charge in [0.1, 0.15) is 18.1 Å². The Kier molecular flexibility index (Phi) is 3.88. The van der Waals surface area contributed by atoms with Gasteiger partial charge in [-0.15, -0.1) is 0 Å². The molecular weight excluding hydrogens is 325 g/mol. The summed E-state index contributed by atoms with van der Waals surface area (Å²) in [7, 11) is 0. The summed E-state index contributed by atoms with van der Waals surface area (Å²) in [5.74, 6) is -0.127. The summed E-state index contributed by atoms with van der Waals surface area (Å²) >= 11 is 0. The van der Waals surface area contributed by atoms with Gasteiger partial charge in [0.25, 0.3) is 0 Å². The number of ether oxygens (including phenoxy) is 1. The number of benzene rings is 2. The Balaban J connectivity index is 2.10. The van der Waals surface area contributed by atoms with E-state index in [1.54, 1.807) is 0 Å². The van der Waals surface area contributed by atoms with Crippen LogP contribution in [0.4, 0.5) is 18.0 Å². The molecule has 24 heavy (non-hydrogen) atoms. The summed E-state index contributed by atoms with van der Waals surface area (Å²) in [5, 5.41) is 13.2. The van der Waals surface area contributed by atoms with Gasteiger partial charge in [0, 0.05) is 5.56 Å². The van der Waals surface area contributed by atoms with Crippen LogP contribution in [0.2, 0.25) is 0 Å². The molecule has 1 heterocycles. The van der Waals surface area contributed by atoms with E-state index >= 15 is 0 Å². The highest BCUT2D eigenvalue weighted by Gasteiger charge is 2.34. The minimum Gasteiger partial charge on any atom is -0.508 e. The normalized spacial score (nSPS) is 14.6. The van der Waals surface area contributed by atoms with Gasteiger partial charge in [-0.1, -0.05) is 24.3 Å². The fourth-order valence-corrected chi connectivity index (χ4v) is 2.34. The molecule has 0 bridgehead atoms. The van der Waals surface area contributed by atoms with Crippen molar-refractivity contribution in [1.82, 2.24) is 5.43 Å². The van der Waals surface area contributed by atoms with Crippen molar-refractivity contribution in [2.24, 2.45) is 5.10 Å². The van der Waals surface area contributed by atoms with Crippen molar-refractivity contribution in [1.29, 1.82) is 0 Å². The first kappa shape index (κ1) is 15.9. The molecule has 2 N–H and O–H groups in total. The number of nitrogens with one attached hydrogen (secondary N) is 1. The van der Waals surface area contributed by atoms with Crippen LogP contribution in [0.15, 0.2) is 47.6 Å². The second-order valence-electron chi connectivity index (χ2n) is 5.05. The van der Waals surface area contributed by atoms with E-state index in [2.05, 4.69) is 10.5 Å². The van der Waals surface area contributed by atoms with Crippen LogP contribution in [0.5, 0.6) is 5.75 Å². The van der Waals surface area contributed by atoms with Crippen molar-refractivity contribution in [2.45, 2.75) is 6.18 Å². The van der Waals surface area contributed by atoms with Crippen molar-refractivity contribution < 1.29 is 27.8 Å². The maximum Gasteiger partial charge on any atom is 0.428 e. The number of amides is 1. The molecule has 0 aromatic heterocycles. The molecule has 2 aromatic carbocycles. The molecule has 1 aliphatic heterocycles. The zero-order chi connectivity index (χ0) is 17.3. The molecule has 0 aliphatic carbocycles. The van der Waals surface area contributed by atoms with Crippen molar-refractivity contribution >= 4 is 11.8 Å². The van der Waals surface area contributed by atoms with Gasteiger partial charge < -0.3 is 9.84 Å². The van der Waals surface area contributed by atoms with E-state index in [1.165, 1.54) is 36.4 Å². The zero-order valence-electron chi connectivity index (χ0n) is 12.1. The molecule has 124 valence electrons. The van der Waals surface area contributed by atoms with Crippen molar-refractivity contribution in [3.05, 3.63) is 53.6 Å². The Bertz CT molecular complexity index is 832. The standard InChI is InChI=1S/C16H11F3N2O3/c17-16(18,19)13-7-10(14-8-24-15(23)21-20-14)4-5-12(13)9-2-1-3-11(22)6-9/h1-7,22H,8H2,(H,21,23). The van der Waals surface area contributed by atoms with Gasteiger partial charge in [0.2, 0.25) is 0 Å². The lowest BCUT2D eigenvalue weighted by atomic mass is 9.95. The van der Waals surface area contributed by atoms with E-state index in [-0.39, 0.29) is 34.8 Å². The van der Waals surface area contributed by atoms with Crippen molar-refractivity contribution in [2.75, 3.05) is 6.61 Å². The molecule has 0 radical (unpaired) electrons. The summed E-state index contributed by atoms with van der Waals surface area (Å²) in [4.78, 5) is 10.9. The molecule has 8 heteroatoms. The minimum atomic E-state index is -4.60. The number of hydrazone groups is 1. The third-order valence-corrected chi connectivity index (χ3v) is 3.44. The molecule has 5 nitrogen and oxygen atoms in total. The number of nitrogens with zero attached hydrogens (tertiary/aromatic N) is 1. The van der Waals surface area contributed by atoms with Crippen molar-refractivity contribution in [3.8, 4) is 16.9 Å². The molecule has 0 fully saturated rings. The van der Waals surface area contributed by atoms with Crippen LogP contribution < -0.4 is 5.43 Å². The summed E-state index contributed by atoms with van der Waals surface area (Å²) in [6.07, 6.45) is -5.36. The van der Waals surface area contributed by atoms with Gasteiger partial charge in [0.05, 0.1) is 5.56 Å². The second-order valence-corrected chi connectivity index (χ2v) is 5.05. The largest absolute Gasteiger partial charge is 0.508 e. The maximum absolute atomic E-state index is 13.4. The molecule has 1 aliphatic rings. The number of aromatic hydroxyl groups is 1. The van der Waals surface area contributed by atoms with E-state index in [0.29, 0.717) is 0 Å². The van der Waals surface area contributed by atoms with E-state index in [0.717, 1.165) is 6.07 Å². The maximum atomic E-state index is 13.4. The van der Waals surface area contributed by atoms with Crippen LogP contribution in [0, 0.1) is 0 Å². The van der Waals surface area contributed by atoms with Crippen LogP contribution >= 0.6 is 0 Å². The molecule has 0 saturated carbocycles. The fourth-order valence-electron chi connectivity index (χ4n) is 2.34. The lowest BCUT2D eigenvalue weighted by molar-refractivity contribution is -0.137. The number of cyclic esters (lactones) is 1. The quantitative estimate of drug-likeness (QED) is 0.881. The van der Waals surface area contributed by atoms with Gasteiger partial charge >= 0.3 is 12.3 Å². The highest BCUT2D eigenvalue weighted by molar-refractivity contribution is 6.04. The van der Waals surface area contributed by atoms with Crippen LogP contribution in [-0.2, 0) is 10.9 Å². The predicted octanol–water partition coefficient (Wildman–Crippen LogP) is 3.52. The van der Waals surface area contributed by atoms with Crippen LogP contribution in [0.3, 0.4) is 0 Å². The number of hydrogen-bond acceptors (Lipinski definition) is 4. The number of hydrogen-bond donors (Lipinski definition) is 2. The third kappa shape index (κ3) is 3.17. The first-order valence-electron chi connectivity index (χ1n) is 6.85. The van der Waals surface area contributed by atoms with Crippen LogP contribution in [0.1, 0.15) is 11.1 Å². The van der Waals surface area contributed by atoms with E-state index in [9.17, 15) is 23.1 Å². The Hall–Kier alpha value is -3.03. The average molecular weight is 336 g/mol. The number of halogens is 3. The number of phenols is 1. The summed E-state index contributed by atoms with van der Waals surface area (Å²) in [6, 6.07) is 9.27. The first-order valence-corrected chi connectivity index (χ1v) is 6.85. The molecule has 2 aromatic rings. The predicted molar refractivity (Wildman–Crippen MR) is 79.6 cm³/mol. The Morgan fingerprint density at radius 1 is 1.12 bits per heavy atom. The summed E-state index contributed by atoms with van der Waals surface area (Å²) in [6.45, 7) is -0.214. The fraction of sp³-hybridized carbons (Fsp3) is 0.125. The van der Waals surface area contributed by atoms with Crippen LogP contribution in [-0.4, -0.2) is 23.5 Å². The van der Waals surface area contributed by atoms with Gasteiger partial charge in [-0.25, -0.2) is 10.2 Å². The van der Waals surface area contributed by atoms with Gasteiger partial charge in [-0.2, -0.15) is 18.3 Å². The van der Waals surface area contributed by atoms with E-state index in [1.807, 2.05) is 0 Å². The molecule has 0 unspecified atom stereocenters. The zero-order valence-corrected chi connectivity index (χ0v) is 12.1. The lowest BCUT2D eigenvalue weighted by Crippen LogP contribution is -2.30. The van der Waals surface area contributed by atoms with Crippen molar-refractivity contribution in [3.63, 3.8) is 0 Å². The highest BCUT2D eigenvalue weighted by atomic mass is 19.4. The van der Waals surface area contributed by atoms with Gasteiger partial charge in [0.15, 0.2) is 0 Å². The number of rotatable bonds is 2. The number of alkyl halides is 3. The first-order chi connectivity index (χ1) is 11.3. The molecule has 1 amide bonds. The van der Waals surface area contributed by atoms with E-state index in [4.69, 9.17) is 4.74 Å². The van der Waals surface area contributed by atoms with Crippen LogP contribution in [0.25, 0.3) is 11.1 Å². The van der Waals surface area contributed by atoms with Gasteiger partial charge in [-0.3, -0.25) is 0 Å². The number of phenolic OH excluding ortho intramolecular Hbond substituents is 1. The number of carbonyl (C=O) groups is 1. The molecule has 3 rings (SSSR count). The molecule has 0 atom stereocenters. The monoisotopic (exact) mass is 336 g/mol. The topological polar surface area (TPSA) is 70.9 Å². The minimum absolute atomic E-state index is 0.0662. The average Bonchev–Trinajstić information content (AvgIpc) is 2.54.